The van der Waals surface area contributed by atoms with E-state index in [0.29, 0.717) is 28.0 Å². The number of nitrogens with zero attached hydrogens (tertiary/aromatic N) is 4. The lowest BCUT2D eigenvalue weighted by Gasteiger charge is -2.37. The first-order chi connectivity index (χ1) is 16.8. The van der Waals surface area contributed by atoms with Crippen LogP contribution in [0.3, 0.4) is 0 Å². The molecule has 0 bridgehead atoms. The number of aromatic nitrogens is 3. The molecule has 2 amide bonds. The van der Waals surface area contributed by atoms with Crippen molar-refractivity contribution in [2.24, 2.45) is 0 Å². The number of anilines is 1. The summed E-state index contributed by atoms with van der Waals surface area (Å²) < 4.78 is 20.1. The maximum Gasteiger partial charge on any atom is 0.249 e. The number of benzene rings is 3. The number of carbonyl (C=O) groups excluding carboxylic acids is 2. The van der Waals surface area contributed by atoms with E-state index in [1.54, 1.807) is 57.4 Å². The minimum absolute atomic E-state index is 0.106. The lowest BCUT2D eigenvalue weighted by molar-refractivity contribution is -0.145. The summed E-state index contributed by atoms with van der Waals surface area (Å²) in [6.45, 7) is 3.34. The van der Waals surface area contributed by atoms with Gasteiger partial charge in [-0.05, 0) is 67.9 Å². The number of rotatable bonds is 8. The highest BCUT2D eigenvalue weighted by atomic mass is 19.1. The van der Waals surface area contributed by atoms with Gasteiger partial charge in [0.05, 0.1) is 12.6 Å². The fraction of sp³-hybridized carbons (Fsp3) is 0.231. The number of methoxy groups -OCH3 is 1. The van der Waals surface area contributed by atoms with Crippen LogP contribution in [0.15, 0.2) is 72.8 Å². The molecule has 0 saturated carbocycles. The largest absolute Gasteiger partial charge is 0.497 e. The highest BCUT2D eigenvalue weighted by Gasteiger charge is 2.38. The fourth-order valence-corrected chi connectivity index (χ4v) is 3.70. The van der Waals surface area contributed by atoms with Crippen LogP contribution in [-0.4, -0.2) is 44.4 Å². The molecule has 0 saturated heterocycles. The Morgan fingerprint density at radius 3 is 2.40 bits per heavy atom. The summed E-state index contributed by atoms with van der Waals surface area (Å²) in [5.74, 6) is -0.422. The third-order valence-corrected chi connectivity index (χ3v) is 5.84. The molecule has 0 atom stereocenters. The van der Waals surface area contributed by atoms with Gasteiger partial charge in [0.1, 0.15) is 29.2 Å². The Bertz CT molecular complexity index is 1330. The average Bonchev–Trinajstić information content (AvgIpc) is 3.26. The zero-order chi connectivity index (χ0) is 25.0. The van der Waals surface area contributed by atoms with E-state index in [1.165, 1.54) is 21.7 Å². The lowest BCUT2D eigenvalue weighted by atomic mass is 9.99. The summed E-state index contributed by atoms with van der Waals surface area (Å²) in [5.41, 5.74) is 1.39. The molecule has 9 heteroatoms. The summed E-state index contributed by atoms with van der Waals surface area (Å²) in [6, 6.07) is 20.1. The highest BCUT2D eigenvalue weighted by Crippen LogP contribution is 2.23. The molecule has 1 N–H and O–H groups in total. The molecule has 3 aromatic carbocycles. The molecule has 0 unspecified atom stereocenters. The standard InChI is InChI=1S/C26H26FN5O3/c1-26(2,25(34)28-20-12-14-21(35-3)15-13-20)31(16-18-8-10-19(27)11-9-18)24(33)17-32-23-7-5-4-6-22(23)29-30-32/h4-15H,16-17H2,1-3H3,(H,28,34). The number of ether oxygens (including phenoxy) is 1. The van der Waals surface area contributed by atoms with Crippen LogP contribution in [0.1, 0.15) is 19.4 Å². The summed E-state index contributed by atoms with van der Waals surface area (Å²) in [5, 5.41) is 11.1. The topological polar surface area (TPSA) is 89.4 Å². The number of hydrogen-bond donors (Lipinski definition) is 1. The van der Waals surface area contributed by atoms with E-state index in [2.05, 4.69) is 15.6 Å². The van der Waals surface area contributed by atoms with Gasteiger partial charge in [-0.25, -0.2) is 9.07 Å². The summed E-state index contributed by atoms with van der Waals surface area (Å²) in [6.07, 6.45) is 0. The molecule has 4 aromatic rings. The van der Waals surface area contributed by atoms with Crippen molar-refractivity contribution < 1.29 is 18.7 Å². The van der Waals surface area contributed by atoms with Crippen LogP contribution < -0.4 is 10.1 Å². The molecule has 0 spiro atoms. The second-order valence-electron chi connectivity index (χ2n) is 8.58. The van der Waals surface area contributed by atoms with Crippen molar-refractivity contribution in [3.05, 3.63) is 84.2 Å². The smallest absolute Gasteiger partial charge is 0.249 e. The SMILES string of the molecule is COc1ccc(NC(=O)C(C)(C)N(Cc2ccc(F)cc2)C(=O)Cn2nnc3ccccc32)cc1. The van der Waals surface area contributed by atoms with Gasteiger partial charge in [-0.1, -0.05) is 29.5 Å². The molecular formula is C26H26FN5O3. The molecule has 180 valence electrons. The van der Waals surface area contributed by atoms with Gasteiger partial charge in [-0.2, -0.15) is 0 Å². The Kier molecular flexibility index (Phi) is 6.77. The van der Waals surface area contributed by atoms with E-state index in [4.69, 9.17) is 4.74 Å². The van der Waals surface area contributed by atoms with Crippen LogP contribution in [0.25, 0.3) is 11.0 Å². The van der Waals surface area contributed by atoms with E-state index in [-0.39, 0.29) is 30.7 Å². The Morgan fingerprint density at radius 2 is 1.71 bits per heavy atom. The first-order valence-corrected chi connectivity index (χ1v) is 11.1. The Morgan fingerprint density at radius 1 is 1.03 bits per heavy atom. The number of fused-ring (bicyclic) bond motifs is 1. The molecule has 0 aliphatic carbocycles. The predicted octanol–water partition coefficient (Wildman–Crippen LogP) is 4.03. The van der Waals surface area contributed by atoms with Crippen LogP contribution in [0.4, 0.5) is 10.1 Å². The van der Waals surface area contributed by atoms with Crippen LogP contribution >= 0.6 is 0 Å². The van der Waals surface area contributed by atoms with Crippen molar-refractivity contribution >= 4 is 28.5 Å². The van der Waals surface area contributed by atoms with Crippen molar-refractivity contribution in [3.8, 4) is 5.75 Å². The van der Waals surface area contributed by atoms with Gasteiger partial charge in [0, 0.05) is 12.2 Å². The maximum absolute atomic E-state index is 13.6. The summed E-state index contributed by atoms with van der Waals surface area (Å²) >= 11 is 0. The van der Waals surface area contributed by atoms with Gasteiger partial charge in [0.15, 0.2) is 0 Å². The van der Waals surface area contributed by atoms with E-state index >= 15 is 0 Å². The molecule has 0 aliphatic heterocycles. The van der Waals surface area contributed by atoms with E-state index in [0.717, 1.165) is 0 Å². The molecule has 8 nitrogen and oxygen atoms in total. The number of nitrogens with one attached hydrogen (secondary N) is 1. The highest BCUT2D eigenvalue weighted by molar-refractivity contribution is 6.00. The van der Waals surface area contributed by atoms with Crippen molar-refractivity contribution in [3.63, 3.8) is 0 Å². The minimum atomic E-state index is -1.25. The van der Waals surface area contributed by atoms with Crippen molar-refractivity contribution in [1.82, 2.24) is 19.9 Å². The first kappa shape index (κ1) is 23.9. The fourth-order valence-electron chi connectivity index (χ4n) is 3.70. The number of hydrogen-bond acceptors (Lipinski definition) is 5. The normalized spacial score (nSPS) is 11.3. The van der Waals surface area contributed by atoms with Crippen molar-refractivity contribution in [1.29, 1.82) is 0 Å². The average molecular weight is 476 g/mol. The molecule has 0 fully saturated rings. The molecule has 0 aliphatic rings. The molecule has 4 rings (SSSR count). The third kappa shape index (κ3) is 5.29. The van der Waals surface area contributed by atoms with Gasteiger partial charge in [0.25, 0.3) is 0 Å². The second kappa shape index (κ2) is 9.92. The molecule has 0 radical (unpaired) electrons. The molecular weight excluding hydrogens is 449 g/mol. The number of carbonyl (C=O) groups is 2. The lowest BCUT2D eigenvalue weighted by Crippen LogP contribution is -2.55. The zero-order valence-electron chi connectivity index (χ0n) is 19.7. The van der Waals surface area contributed by atoms with Gasteiger partial charge in [0.2, 0.25) is 11.8 Å². The van der Waals surface area contributed by atoms with E-state index < -0.39 is 5.54 Å². The second-order valence-corrected chi connectivity index (χ2v) is 8.58. The zero-order valence-corrected chi connectivity index (χ0v) is 19.7. The number of halogens is 1. The van der Waals surface area contributed by atoms with Gasteiger partial charge in [-0.15, -0.1) is 5.10 Å². The maximum atomic E-state index is 13.6. The third-order valence-electron chi connectivity index (χ3n) is 5.84. The minimum Gasteiger partial charge on any atom is -0.497 e. The number of para-hydroxylation sites is 1. The molecule has 1 heterocycles. The van der Waals surface area contributed by atoms with Crippen LogP contribution in [-0.2, 0) is 22.7 Å². The Balaban J connectivity index is 1.61. The van der Waals surface area contributed by atoms with Crippen molar-refractivity contribution in [2.45, 2.75) is 32.5 Å². The Hall–Kier alpha value is -4.27. The van der Waals surface area contributed by atoms with Crippen LogP contribution in [0.2, 0.25) is 0 Å². The predicted molar refractivity (Wildman–Crippen MR) is 130 cm³/mol. The first-order valence-electron chi connectivity index (χ1n) is 11.1. The molecule has 1 aromatic heterocycles. The van der Waals surface area contributed by atoms with Gasteiger partial charge < -0.3 is 15.0 Å². The van der Waals surface area contributed by atoms with Gasteiger partial charge >= 0.3 is 0 Å². The van der Waals surface area contributed by atoms with Crippen LogP contribution in [0.5, 0.6) is 5.75 Å². The summed E-state index contributed by atoms with van der Waals surface area (Å²) in [7, 11) is 1.56. The monoisotopic (exact) mass is 475 g/mol. The quantitative estimate of drug-likeness (QED) is 0.416. The van der Waals surface area contributed by atoms with Crippen molar-refractivity contribution in [2.75, 3.05) is 12.4 Å². The van der Waals surface area contributed by atoms with Gasteiger partial charge in [-0.3, -0.25) is 9.59 Å². The van der Waals surface area contributed by atoms with Crippen LogP contribution in [0, 0.1) is 5.82 Å². The van der Waals surface area contributed by atoms with E-state index in [1.807, 2.05) is 24.3 Å². The number of amides is 2. The van der Waals surface area contributed by atoms with E-state index in [9.17, 15) is 14.0 Å². The summed E-state index contributed by atoms with van der Waals surface area (Å²) in [4.78, 5) is 28.4. The molecule has 35 heavy (non-hydrogen) atoms. The Labute approximate surface area is 202 Å².